The van der Waals surface area contributed by atoms with Gasteiger partial charge in [-0.1, -0.05) is 12.1 Å². The van der Waals surface area contributed by atoms with Crippen LogP contribution >= 0.6 is 11.8 Å². The van der Waals surface area contributed by atoms with Crippen LogP contribution in [-0.4, -0.2) is 177 Å². The number of thiocyanates is 1. The van der Waals surface area contributed by atoms with E-state index in [1.807, 2.05) is 44.4 Å². The maximum Gasteiger partial charge on any atom is 3.00 e. The number of aromatic carboxylic acids is 3. The van der Waals surface area contributed by atoms with Crippen molar-refractivity contribution in [3.05, 3.63) is 143 Å². The van der Waals surface area contributed by atoms with Gasteiger partial charge in [-0.05, 0) is 101 Å². The zero-order chi connectivity index (χ0) is 66.7. The third-order valence-corrected chi connectivity index (χ3v) is 15.2. The standard InChI is InChI=1S/C65H66N8O19S.Tb/c1-85-53-26-45(91-35-59(75)76)8-11-49(53)39-20-42(68-50(23-39)63(79)80)31-71-14-16-72(18-19-73(17-15-71)33-44-22-41(25-52(70-44)65(83)84)62-56(88-4)29-47(30-57(62)89-5)92-36-60(77)78)32-43-21-40(24-51(69-43)64(81)82)61-54(86-2)27-46(28-55(61)87-3)90-34-58(74)67-13-12-38-6-9-48(10-7-38)93-37-66;/h6-11,20-30H,12-19,31-36H2,1-5H3,(H,67,74)(H,75,76)(H,77,78)(H,79,80)(H,81,82)(H,83,84);/q;+3/p-3. The molecule has 0 radical (unpaired) electrons. The Bertz CT molecular complexity index is 3900. The van der Waals surface area contributed by atoms with Gasteiger partial charge in [0.2, 0.25) is 0 Å². The Kier molecular flexibility index (Phi) is 26.4. The van der Waals surface area contributed by atoms with E-state index in [1.54, 1.807) is 24.3 Å². The van der Waals surface area contributed by atoms with Crippen molar-refractivity contribution >= 4 is 47.5 Å². The summed E-state index contributed by atoms with van der Waals surface area (Å²) in [6.45, 7) is 0.722. The van der Waals surface area contributed by atoms with E-state index >= 15 is 0 Å². The molecule has 8 rings (SSSR count). The molecule has 492 valence electrons. The number of ether oxygens (including phenoxy) is 8. The van der Waals surface area contributed by atoms with Gasteiger partial charge in [-0.2, -0.15) is 5.26 Å². The van der Waals surface area contributed by atoms with E-state index in [4.69, 9.17) is 43.2 Å². The minimum Gasteiger partial charge on any atom is -0.543 e. The predicted octanol–water partition coefficient (Wildman–Crippen LogP) is 3.06. The number of hydrogen-bond acceptors (Lipinski definition) is 25. The predicted molar refractivity (Wildman–Crippen MR) is 327 cm³/mol. The average Bonchev–Trinajstić information content (AvgIpc) is 0.831. The van der Waals surface area contributed by atoms with Crippen LogP contribution in [0.1, 0.15) is 54.1 Å². The van der Waals surface area contributed by atoms with Crippen molar-refractivity contribution < 1.29 is 131 Å². The summed E-state index contributed by atoms with van der Waals surface area (Å²) < 4.78 is 45.4. The first kappa shape index (κ1) is 72.0. The Balaban J connectivity index is 0.0000125. The molecular weight excluding hydrogens is 1390 g/mol. The largest absolute Gasteiger partial charge is 3.00 e. The maximum absolute atomic E-state index is 12.9. The zero-order valence-electron chi connectivity index (χ0n) is 51.4. The van der Waals surface area contributed by atoms with Gasteiger partial charge < -0.3 is 83.1 Å². The third-order valence-electron chi connectivity index (χ3n) is 14.6. The fourth-order valence-corrected chi connectivity index (χ4v) is 10.6. The molecule has 7 aromatic rings. The summed E-state index contributed by atoms with van der Waals surface area (Å²) in [6, 6.07) is 26.9. The van der Waals surface area contributed by atoms with E-state index in [0.29, 0.717) is 97.0 Å². The van der Waals surface area contributed by atoms with Gasteiger partial charge >= 0.3 is 50.6 Å². The first-order chi connectivity index (χ1) is 44.8. The van der Waals surface area contributed by atoms with Crippen molar-refractivity contribution in [1.29, 1.82) is 5.26 Å². The smallest absolute Gasteiger partial charge is 0.543 e. The molecule has 4 aromatic carbocycles. The first-order valence-corrected chi connectivity index (χ1v) is 29.4. The first-order valence-electron chi connectivity index (χ1n) is 28.6. The number of carboxylic acid groups (broad SMARTS) is 5. The summed E-state index contributed by atoms with van der Waals surface area (Å²) in [6.07, 6.45) is 0.537. The molecule has 0 unspecified atom stereocenters. The number of hydrogen-bond donors (Lipinski definition) is 3. The molecule has 3 aromatic heterocycles. The van der Waals surface area contributed by atoms with Crippen molar-refractivity contribution in [2.45, 2.75) is 31.0 Å². The van der Waals surface area contributed by atoms with Crippen LogP contribution in [0.3, 0.4) is 0 Å². The number of aliphatic carboxylic acids is 2. The van der Waals surface area contributed by atoms with E-state index in [1.165, 1.54) is 90.1 Å². The average molecular weight is 1450 g/mol. The van der Waals surface area contributed by atoms with Crippen molar-refractivity contribution in [2.75, 3.05) is 101 Å². The summed E-state index contributed by atoms with van der Waals surface area (Å²) in [5, 5.41) is 70.4. The van der Waals surface area contributed by atoms with E-state index in [9.17, 15) is 54.3 Å². The second kappa shape index (κ2) is 34.5. The summed E-state index contributed by atoms with van der Waals surface area (Å²) in [4.78, 5) is 94.0. The second-order valence-corrected chi connectivity index (χ2v) is 21.6. The van der Waals surface area contributed by atoms with E-state index in [0.717, 1.165) is 22.2 Å². The number of rotatable bonds is 30. The van der Waals surface area contributed by atoms with Crippen LogP contribution in [0.2, 0.25) is 0 Å². The van der Waals surface area contributed by atoms with Crippen LogP contribution in [0.4, 0.5) is 0 Å². The number of thioether (sulfide) groups is 1. The Morgan fingerprint density at radius 1 is 0.511 bits per heavy atom. The van der Waals surface area contributed by atoms with Crippen LogP contribution in [-0.2, 0) is 40.4 Å². The Morgan fingerprint density at radius 3 is 1.27 bits per heavy atom. The third kappa shape index (κ3) is 19.8. The molecule has 0 atom stereocenters. The van der Waals surface area contributed by atoms with Gasteiger partial charge in [0, 0.05) is 106 Å². The number of nitriles is 1. The molecule has 1 amide bonds. The molecule has 1 aliphatic heterocycles. The number of carbonyl (C=O) groups excluding carboxylic acids is 4. The zero-order valence-corrected chi connectivity index (χ0v) is 54.4. The van der Waals surface area contributed by atoms with Gasteiger partial charge in [0.15, 0.2) is 19.8 Å². The minimum absolute atomic E-state index is 0. The molecule has 3 N–H and O–H groups in total. The van der Waals surface area contributed by atoms with Gasteiger partial charge in [-0.25, -0.2) is 9.59 Å². The van der Waals surface area contributed by atoms with E-state index in [2.05, 4.69) is 20.3 Å². The number of pyridine rings is 3. The normalized spacial score (nSPS) is 12.7. The monoisotopic (exact) mass is 1450 g/mol. The molecule has 0 bridgehead atoms. The number of amides is 1. The number of methoxy groups -OCH3 is 5. The minimum atomic E-state index is -1.58. The molecule has 27 nitrogen and oxygen atoms in total. The number of nitrogens with one attached hydrogen (secondary N) is 1. The number of aromatic nitrogens is 3. The molecule has 1 saturated heterocycles. The molecule has 1 fully saturated rings. The molecular formula is C65H63N8O19STb. The quantitative estimate of drug-likeness (QED) is 0.0430. The van der Waals surface area contributed by atoms with Crippen LogP contribution in [0.15, 0.2) is 108 Å². The Labute approximate surface area is 574 Å². The fourth-order valence-electron chi connectivity index (χ4n) is 10.2. The van der Waals surface area contributed by atoms with Crippen molar-refractivity contribution in [1.82, 2.24) is 35.0 Å². The molecule has 0 spiro atoms. The SMILES string of the molecule is COc1cc(OCC(=O)O)ccc1-c1cc(CN2CCN(Cc3cc(-c4c(OC)cc(OCC(=O)O)cc4OC)cc(C(=O)[O-])n3)CCN(Cc3cc(-c4c(OC)cc(OCC(=O)NCCc5ccc(SC#N)cc5)cc4OC)cc(C(=O)[O-])n3)CC2)nc(C(=O)[O-])c1.[Tb+3]. The number of carboxylic acids is 5. The van der Waals surface area contributed by atoms with Crippen molar-refractivity contribution in [3.8, 4) is 84.8 Å². The molecule has 0 aliphatic carbocycles. The molecule has 0 saturated carbocycles. The second-order valence-electron chi connectivity index (χ2n) is 20.7. The van der Waals surface area contributed by atoms with Gasteiger partial charge in [-0.15, -0.1) is 0 Å². The van der Waals surface area contributed by atoms with Crippen molar-refractivity contribution in [2.24, 2.45) is 0 Å². The van der Waals surface area contributed by atoms with Gasteiger partial charge in [0.05, 0.1) is 98.7 Å². The Morgan fingerprint density at radius 2 is 0.883 bits per heavy atom. The molecule has 4 heterocycles. The van der Waals surface area contributed by atoms with E-state index in [-0.39, 0.29) is 122 Å². The van der Waals surface area contributed by atoms with Crippen molar-refractivity contribution in [3.63, 3.8) is 0 Å². The number of nitrogens with zero attached hydrogens (tertiary/aromatic N) is 7. The Hall–Kier alpha value is -9.44. The van der Waals surface area contributed by atoms with Crippen LogP contribution in [0.25, 0.3) is 33.4 Å². The maximum atomic E-state index is 12.9. The molecule has 29 heteroatoms. The molecule has 1 aliphatic rings. The van der Waals surface area contributed by atoms with Gasteiger partial charge in [0.25, 0.3) is 5.91 Å². The van der Waals surface area contributed by atoms with E-state index < -0.39 is 60.4 Å². The molecule has 94 heavy (non-hydrogen) atoms. The summed E-state index contributed by atoms with van der Waals surface area (Å²) in [5.74, 6) is -6.06. The summed E-state index contributed by atoms with van der Waals surface area (Å²) >= 11 is 1.05. The van der Waals surface area contributed by atoms with Gasteiger partial charge in [0.1, 0.15) is 51.4 Å². The summed E-state index contributed by atoms with van der Waals surface area (Å²) in [5.41, 5.74) is 2.71. The number of benzene rings is 4. The van der Waals surface area contributed by atoms with Crippen LogP contribution < -0.4 is 58.5 Å². The fraction of sp³-hybridized carbons (Fsp3) is 0.292. The van der Waals surface area contributed by atoms with Gasteiger partial charge in [-0.3, -0.25) is 34.4 Å². The van der Waals surface area contributed by atoms with Crippen LogP contribution in [0.5, 0.6) is 46.0 Å². The topological polar surface area (TPSA) is 370 Å². The summed E-state index contributed by atoms with van der Waals surface area (Å²) in [7, 11) is 6.93. The number of carbonyl (C=O) groups is 6. The van der Waals surface area contributed by atoms with Crippen LogP contribution in [0, 0.1) is 49.3 Å².